The molecule has 0 aromatic heterocycles. The molecule has 1 aromatic rings. The first kappa shape index (κ1) is 22.3. The van der Waals surface area contributed by atoms with Crippen LogP contribution in [0.2, 0.25) is 0 Å². The molecular weight excluding hydrogens is 368 g/mol. The number of sulfonamides is 1. The van der Waals surface area contributed by atoms with Gasteiger partial charge in [-0.25, -0.2) is 13.2 Å². The summed E-state index contributed by atoms with van der Waals surface area (Å²) < 4.78 is 26.1. The van der Waals surface area contributed by atoms with Gasteiger partial charge < -0.3 is 10.4 Å². The highest BCUT2D eigenvalue weighted by Gasteiger charge is 2.24. The van der Waals surface area contributed by atoms with E-state index in [9.17, 15) is 18.0 Å². The van der Waals surface area contributed by atoms with Gasteiger partial charge in [0, 0.05) is 24.4 Å². The van der Waals surface area contributed by atoms with Crippen molar-refractivity contribution >= 4 is 27.6 Å². The second kappa shape index (κ2) is 9.84. The number of aryl methyl sites for hydroxylation is 1. The quantitative estimate of drug-likeness (QED) is 0.470. The summed E-state index contributed by atoms with van der Waals surface area (Å²) in [6.45, 7) is 9.89. The lowest BCUT2D eigenvalue weighted by Crippen LogP contribution is -2.35. The number of rotatable bonds is 10. The largest absolute Gasteiger partial charge is 0.478 e. The fourth-order valence-electron chi connectivity index (χ4n) is 2.28. The van der Waals surface area contributed by atoms with Crippen LogP contribution in [0, 0.1) is 6.92 Å². The average molecular weight is 392 g/mol. The maximum Gasteiger partial charge on any atom is 0.332 e. The number of carbonyl (C=O) groups is 2. The second-order valence-corrected chi connectivity index (χ2v) is 7.91. The number of anilines is 1. The molecule has 0 atom stereocenters. The standard InChI is InChI=1S/C19H24N2O5S/c1-5-7-18(22)20-17-9-8-14(3)11-16(17)13-21(12-15(4)19(23)24)27(25,26)10-6-2/h5-9,11H,2,4,10,12-13H2,1,3H3,(H,20,22)(H,23,24)/b7-5+. The van der Waals surface area contributed by atoms with Gasteiger partial charge in [0.05, 0.1) is 5.75 Å². The minimum Gasteiger partial charge on any atom is -0.478 e. The van der Waals surface area contributed by atoms with Gasteiger partial charge in [0.2, 0.25) is 15.9 Å². The Bertz CT molecular complexity index is 872. The summed E-state index contributed by atoms with van der Waals surface area (Å²) in [5.41, 5.74) is 1.60. The zero-order valence-corrected chi connectivity index (χ0v) is 16.3. The molecule has 1 amide bonds. The maximum absolute atomic E-state index is 12.5. The minimum absolute atomic E-state index is 0.115. The van der Waals surface area contributed by atoms with Crippen molar-refractivity contribution in [2.45, 2.75) is 20.4 Å². The van der Waals surface area contributed by atoms with Gasteiger partial charge in [-0.05, 0) is 31.6 Å². The predicted octanol–water partition coefficient (Wildman–Crippen LogP) is 2.47. The van der Waals surface area contributed by atoms with Crippen molar-refractivity contribution in [2.24, 2.45) is 0 Å². The molecule has 0 aliphatic carbocycles. The molecule has 1 rings (SSSR count). The van der Waals surface area contributed by atoms with Gasteiger partial charge in [0.1, 0.15) is 0 Å². The van der Waals surface area contributed by atoms with Crippen LogP contribution < -0.4 is 5.32 Å². The normalized spacial score (nSPS) is 11.5. The third-order valence-corrected chi connectivity index (χ3v) is 5.28. The first-order valence-electron chi connectivity index (χ1n) is 8.13. The van der Waals surface area contributed by atoms with E-state index in [1.165, 1.54) is 12.2 Å². The maximum atomic E-state index is 12.5. The Morgan fingerprint density at radius 2 is 2.00 bits per heavy atom. The Hall–Kier alpha value is -2.71. The van der Waals surface area contributed by atoms with Crippen molar-refractivity contribution < 1.29 is 23.1 Å². The van der Waals surface area contributed by atoms with E-state index in [4.69, 9.17) is 5.11 Å². The van der Waals surface area contributed by atoms with Crippen molar-refractivity contribution in [3.63, 3.8) is 0 Å². The third-order valence-electron chi connectivity index (χ3n) is 3.57. The molecule has 0 fully saturated rings. The number of hydrogen-bond acceptors (Lipinski definition) is 4. The Morgan fingerprint density at radius 1 is 1.33 bits per heavy atom. The van der Waals surface area contributed by atoms with Gasteiger partial charge in [-0.3, -0.25) is 4.79 Å². The zero-order chi connectivity index (χ0) is 20.6. The molecule has 7 nitrogen and oxygen atoms in total. The number of hydrogen-bond donors (Lipinski definition) is 2. The lowest BCUT2D eigenvalue weighted by molar-refractivity contribution is -0.132. The van der Waals surface area contributed by atoms with E-state index in [2.05, 4.69) is 18.5 Å². The summed E-state index contributed by atoms with van der Waals surface area (Å²) in [5.74, 6) is -1.97. The molecule has 146 valence electrons. The smallest absolute Gasteiger partial charge is 0.332 e. The third kappa shape index (κ3) is 6.84. The first-order valence-corrected chi connectivity index (χ1v) is 9.74. The minimum atomic E-state index is -3.80. The number of benzene rings is 1. The number of carboxylic acids is 1. The van der Waals surface area contributed by atoms with E-state index < -0.39 is 16.0 Å². The summed E-state index contributed by atoms with van der Waals surface area (Å²) in [5, 5.41) is 11.8. The Labute approximate surface area is 159 Å². The molecule has 27 heavy (non-hydrogen) atoms. The van der Waals surface area contributed by atoms with E-state index in [1.807, 2.05) is 6.92 Å². The van der Waals surface area contributed by atoms with Crippen molar-refractivity contribution in [3.05, 3.63) is 66.3 Å². The van der Waals surface area contributed by atoms with Gasteiger partial charge in [0.25, 0.3) is 0 Å². The molecule has 0 spiro atoms. The molecule has 0 aliphatic rings. The van der Waals surface area contributed by atoms with Gasteiger partial charge in [-0.1, -0.05) is 36.4 Å². The van der Waals surface area contributed by atoms with Gasteiger partial charge >= 0.3 is 5.97 Å². The lowest BCUT2D eigenvalue weighted by Gasteiger charge is -2.23. The Morgan fingerprint density at radius 3 is 2.56 bits per heavy atom. The van der Waals surface area contributed by atoms with E-state index in [0.717, 1.165) is 9.87 Å². The molecule has 0 bridgehead atoms. The predicted molar refractivity (Wildman–Crippen MR) is 106 cm³/mol. The summed E-state index contributed by atoms with van der Waals surface area (Å²) in [6, 6.07) is 5.20. The molecule has 2 N–H and O–H groups in total. The number of amides is 1. The molecular formula is C19H24N2O5S. The van der Waals surface area contributed by atoms with Crippen LogP contribution in [0.25, 0.3) is 0 Å². The number of carboxylic acid groups (broad SMARTS) is 1. The van der Waals surface area contributed by atoms with Crippen molar-refractivity contribution in [2.75, 3.05) is 17.6 Å². The van der Waals surface area contributed by atoms with Crippen LogP contribution in [0.3, 0.4) is 0 Å². The number of aliphatic carboxylic acids is 1. The summed E-state index contributed by atoms with van der Waals surface area (Å²) in [7, 11) is -3.80. The van der Waals surface area contributed by atoms with Crippen LogP contribution in [0.5, 0.6) is 0 Å². The topological polar surface area (TPSA) is 104 Å². The van der Waals surface area contributed by atoms with Crippen LogP contribution >= 0.6 is 0 Å². The molecule has 0 saturated carbocycles. The number of carbonyl (C=O) groups excluding carboxylic acids is 1. The highest BCUT2D eigenvalue weighted by Crippen LogP contribution is 2.22. The fraction of sp³-hybridized carbons (Fsp3) is 0.263. The highest BCUT2D eigenvalue weighted by molar-refractivity contribution is 7.89. The zero-order valence-electron chi connectivity index (χ0n) is 15.4. The van der Waals surface area contributed by atoms with E-state index >= 15 is 0 Å². The van der Waals surface area contributed by atoms with Gasteiger partial charge in [-0.2, -0.15) is 4.31 Å². The molecule has 8 heteroatoms. The first-order chi connectivity index (χ1) is 12.6. The van der Waals surface area contributed by atoms with Crippen molar-refractivity contribution in [1.82, 2.24) is 4.31 Å². The van der Waals surface area contributed by atoms with Gasteiger partial charge in [0.15, 0.2) is 0 Å². The van der Waals surface area contributed by atoms with Gasteiger partial charge in [-0.15, -0.1) is 6.58 Å². The Balaban J connectivity index is 3.28. The fourth-order valence-corrected chi connectivity index (χ4v) is 3.48. The number of nitrogens with zero attached hydrogens (tertiary/aromatic N) is 1. The van der Waals surface area contributed by atoms with Crippen LogP contribution in [0.1, 0.15) is 18.1 Å². The van der Waals surface area contributed by atoms with E-state index in [-0.39, 0.29) is 30.3 Å². The molecule has 0 unspecified atom stereocenters. The van der Waals surface area contributed by atoms with Crippen LogP contribution in [-0.4, -0.2) is 42.0 Å². The van der Waals surface area contributed by atoms with Crippen LogP contribution in [-0.2, 0) is 26.2 Å². The lowest BCUT2D eigenvalue weighted by atomic mass is 10.1. The Kier molecular flexibility index (Phi) is 8.14. The summed E-state index contributed by atoms with van der Waals surface area (Å²) in [4.78, 5) is 23.0. The number of nitrogens with one attached hydrogen (secondary N) is 1. The van der Waals surface area contributed by atoms with Crippen LogP contribution in [0.15, 0.2) is 55.2 Å². The number of allylic oxidation sites excluding steroid dienone is 1. The second-order valence-electron chi connectivity index (χ2n) is 5.89. The van der Waals surface area contributed by atoms with Crippen molar-refractivity contribution in [1.29, 1.82) is 0 Å². The average Bonchev–Trinajstić information content (AvgIpc) is 2.56. The summed E-state index contributed by atoms with van der Waals surface area (Å²) in [6.07, 6.45) is 4.17. The monoisotopic (exact) mass is 392 g/mol. The summed E-state index contributed by atoms with van der Waals surface area (Å²) >= 11 is 0. The van der Waals surface area contributed by atoms with Crippen molar-refractivity contribution in [3.8, 4) is 0 Å². The molecule has 0 radical (unpaired) electrons. The van der Waals surface area contributed by atoms with E-state index in [0.29, 0.717) is 11.3 Å². The SMILES string of the molecule is C=CCS(=O)(=O)N(CC(=C)C(=O)O)Cc1cc(C)ccc1NC(=O)/C=C/C. The van der Waals surface area contributed by atoms with E-state index in [1.54, 1.807) is 31.2 Å². The molecule has 0 saturated heterocycles. The highest BCUT2D eigenvalue weighted by atomic mass is 32.2. The molecule has 0 aliphatic heterocycles. The van der Waals surface area contributed by atoms with Crippen LogP contribution in [0.4, 0.5) is 5.69 Å². The molecule has 1 aromatic carbocycles. The molecule has 0 heterocycles.